The zero-order valence-corrected chi connectivity index (χ0v) is 7.42. The van der Waals surface area contributed by atoms with Crippen LogP contribution in [-0.4, -0.2) is 19.5 Å². The molecule has 1 fully saturated rings. The van der Waals surface area contributed by atoms with Gasteiger partial charge in [-0.3, -0.25) is 0 Å². The van der Waals surface area contributed by atoms with E-state index >= 15 is 0 Å². The van der Waals surface area contributed by atoms with Crippen molar-refractivity contribution in [1.82, 2.24) is 0 Å². The molecule has 1 heterocycles. The monoisotopic (exact) mass is 168 g/mol. The summed E-state index contributed by atoms with van der Waals surface area (Å²) in [5, 5.41) is 0. The average Bonchev–Trinajstić information content (AvgIpc) is 2.16. The van der Waals surface area contributed by atoms with E-state index in [1.807, 2.05) is 6.08 Å². The van der Waals surface area contributed by atoms with Crippen LogP contribution in [0, 0.1) is 5.41 Å². The third-order valence-electron chi connectivity index (χ3n) is 2.45. The maximum atomic E-state index is 10.9. The maximum Gasteiger partial charge on any atom is 0.128 e. The number of rotatable bonds is 4. The molecular formula is C10H16O2. The third-order valence-corrected chi connectivity index (χ3v) is 2.45. The predicted octanol–water partition coefficient (Wildman–Crippen LogP) is 1.95. The van der Waals surface area contributed by atoms with Crippen LogP contribution in [0.25, 0.3) is 0 Å². The highest BCUT2D eigenvalue weighted by Gasteiger charge is 2.31. The van der Waals surface area contributed by atoms with Crippen molar-refractivity contribution < 1.29 is 9.53 Å². The Balaban J connectivity index is 2.47. The second-order valence-corrected chi connectivity index (χ2v) is 3.46. The van der Waals surface area contributed by atoms with Gasteiger partial charge in [-0.25, -0.2) is 0 Å². The lowest BCUT2D eigenvalue weighted by atomic mass is 9.80. The lowest BCUT2D eigenvalue weighted by molar-refractivity contribution is -0.124. The summed E-state index contributed by atoms with van der Waals surface area (Å²) in [4.78, 5) is 10.9. The molecule has 0 aromatic rings. The Morgan fingerprint density at radius 1 is 1.58 bits per heavy atom. The number of hydrogen-bond acceptors (Lipinski definition) is 2. The molecule has 0 bridgehead atoms. The molecule has 68 valence electrons. The first kappa shape index (κ1) is 9.46. The van der Waals surface area contributed by atoms with E-state index in [9.17, 15) is 4.79 Å². The second kappa shape index (κ2) is 4.41. The van der Waals surface area contributed by atoms with Gasteiger partial charge >= 0.3 is 0 Å². The first-order chi connectivity index (χ1) is 5.83. The van der Waals surface area contributed by atoms with Crippen molar-refractivity contribution in [3.8, 4) is 0 Å². The Bertz CT molecular complexity index is 157. The van der Waals surface area contributed by atoms with Gasteiger partial charge in [0.05, 0.1) is 6.61 Å². The Morgan fingerprint density at radius 3 is 2.92 bits per heavy atom. The SMILES string of the molecule is C=CCCC1(C=O)CCCOC1. The molecule has 1 atom stereocenters. The van der Waals surface area contributed by atoms with Crippen LogP contribution in [0.3, 0.4) is 0 Å². The van der Waals surface area contributed by atoms with E-state index in [0.717, 1.165) is 38.6 Å². The molecular weight excluding hydrogens is 152 g/mol. The molecule has 1 aliphatic rings. The largest absolute Gasteiger partial charge is 0.380 e. The maximum absolute atomic E-state index is 10.9. The van der Waals surface area contributed by atoms with Crippen molar-refractivity contribution >= 4 is 6.29 Å². The molecule has 1 unspecified atom stereocenters. The summed E-state index contributed by atoms with van der Waals surface area (Å²) in [6.07, 6.45) is 6.71. The summed E-state index contributed by atoms with van der Waals surface area (Å²) in [6, 6.07) is 0. The van der Waals surface area contributed by atoms with Crippen LogP contribution in [0.2, 0.25) is 0 Å². The zero-order valence-electron chi connectivity index (χ0n) is 7.42. The zero-order chi connectivity index (χ0) is 8.86. The van der Waals surface area contributed by atoms with Crippen LogP contribution in [0.5, 0.6) is 0 Å². The quantitative estimate of drug-likeness (QED) is 0.473. The summed E-state index contributed by atoms with van der Waals surface area (Å²) < 4.78 is 5.31. The Hall–Kier alpha value is -0.630. The molecule has 0 aliphatic carbocycles. The topological polar surface area (TPSA) is 26.3 Å². The predicted molar refractivity (Wildman–Crippen MR) is 48.0 cm³/mol. The number of aldehydes is 1. The summed E-state index contributed by atoms with van der Waals surface area (Å²) in [7, 11) is 0. The minimum absolute atomic E-state index is 0.202. The number of carbonyl (C=O) groups excluding carboxylic acids is 1. The highest BCUT2D eigenvalue weighted by atomic mass is 16.5. The smallest absolute Gasteiger partial charge is 0.128 e. The van der Waals surface area contributed by atoms with Crippen LogP contribution in [0.15, 0.2) is 12.7 Å². The van der Waals surface area contributed by atoms with Crippen LogP contribution in [0.1, 0.15) is 25.7 Å². The summed E-state index contributed by atoms with van der Waals surface area (Å²) in [5.74, 6) is 0. The van der Waals surface area contributed by atoms with E-state index in [1.54, 1.807) is 0 Å². The van der Waals surface area contributed by atoms with E-state index in [-0.39, 0.29) is 5.41 Å². The first-order valence-electron chi connectivity index (χ1n) is 4.48. The van der Waals surface area contributed by atoms with E-state index in [0.29, 0.717) is 6.61 Å². The fourth-order valence-electron chi connectivity index (χ4n) is 1.61. The summed E-state index contributed by atoms with van der Waals surface area (Å²) >= 11 is 0. The molecule has 0 amide bonds. The minimum atomic E-state index is -0.202. The van der Waals surface area contributed by atoms with Gasteiger partial charge in [0.2, 0.25) is 0 Å². The molecule has 1 aliphatic heterocycles. The fraction of sp³-hybridized carbons (Fsp3) is 0.700. The lowest BCUT2D eigenvalue weighted by Gasteiger charge is -2.31. The average molecular weight is 168 g/mol. The van der Waals surface area contributed by atoms with Crippen molar-refractivity contribution in [3.05, 3.63) is 12.7 Å². The molecule has 0 spiro atoms. The van der Waals surface area contributed by atoms with Crippen molar-refractivity contribution in [2.75, 3.05) is 13.2 Å². The number of carbonyl (C=O) groups is 1. The molecule has 0 N–H and O–H groups in total. The van der Waals surface area contributed by atoms with Gasteiger partial charge in [-0.15, -0.1) is 6.58 Å². The van der Waals surface area contributed by atoms with Crippen molar-refractivity contribution in [2.24, 2.45) is 5.41 Å². The van der Waals surface area contributed by atoms with Crippen LogP contribution in [0.4, 0.5) is 0 Å². The Kier molecular flexibility index (Phi) is 3.48. The third kappa shape index (κ3) is 2.18. The van der Waals surface area contributed by atoms with Gasteiger partial charge in [0, 0.05) is 12.0 Å². The van der Waals surface area contributed by atoms with Gasteiger partial charge in [-0.2, -0.15) is 0 Å². The molecule has 1 rings (SSSR count). The van der Waals surface area contributed by atoms with E-state index < -0.39 is 0 Å². The van der Waals surface area contributed by atoms with Gasteiger partial charge in [0.15, 0.2) is 0 Å². The normalized spacial score (nSPS) is 29.7. The summed E-state index contributed by atoms with van der Waals surface area (Å²) in [6.45, 7) is 5.06. The van der Waals surface area contributed by atoms with Gasteiger partial charge in [0.25, 0.3) is 0 Å². The molecule has 0 radical (unpaired) electrons. The highest BCUT2D eigenvalue weighted by Crippen LogP contribution is 2.31. The van der Waals surface area contributed by atoms with E-state index in [1.165, 1.54) is 0 Å². The minimum Gasteiger partial charge on any atom is -0.380 e. The van der Waals surface area contributed by atoms with Gasteiger partial charge in [-0.05, 0) is 25.7 Å². The van der Waals surface area contributed by atoms with Crippen LogP contribution < -0.4 is 0 Å². The number of allylic oxidation sites excluding steroid dienone is 1. The van der Waals surface area contributed by atoms with Gasteiger partial charge < -0.3 is 9.53 Å². The van der Waals surface area contributed by atoms with Crippen LogP contribution >= 0.6 is 0 Å². The molecule has 12 heavy (non-hydrogen) atoms. The molecule has 1 saturated heterocycles. The highest BCUT2D eigenvalue weighted by molar-refractivity contribution is 5.59. The van der Waals surface area contributed by atoms with Crippen molar-refractivity contribution in [2.45, 2.75) is 25.7 Å². The van der Waals surface area contributed by atoms with Crippen molar-refractivity contribution in [3.63, 3.8) is 0 Å². The first-order valence-corrected chi connectivity index (χ1v) is 4.48. The molecule has 0 aromatic carbocycles. The molecule has 0 saturated carbocycles. The standard InChI is InChI=1S/C10H16O2/c1-2-3-5-10(8-11)6-4-7-12-9-10/h2,8H,1,3-7,9H2. The summed E-state index contributed by atoms with van der Waals surface area (Å²) in [5.41, 5.74) is -0.202. The van der Waals surface area contributed by atoms with E-state index in [4.69, 9.17) is 4.74 Å². The van der Waals surface area contributed by atoms with E-state index in [2.05, 4.69) is 6.58 Å². The van der Waals surface area contributed by atoms with Crippen LogP contribution in [-0.2, 0) is 9.53 Å². The van der Waals surface area contributed by atoms with Gasteiger partial charge in [-0.1, -0.05) is 6.08 Å². The Labute approximate surface area is 73.6 Å². The second-order valence-electron chi connectivity index (χ2n) is 3.46. The molecule has 2 heteroatoms. The van der Waals surface area contributed by atoms with Gasteiger partial charge in [0.1, 0.15) is 6.29 Å². The number of hydrogen-bond donors (Lipinski definition) is 0. The molecule has 0 aromatic heterocycles. The lowest BCUT2D eigenvalue weighted by Crippen LogP contribution is -2.33. The molecule has 2 nitrogen and oxygen atoms in total. The Morgan fingerprint density at radius 2 is 2.42 bits per heavy atom. The van der Waals surface area contributed by atoms with Crippen molar-refractivity contribution in [1.29, 1.82) is 0 Å². The fourth-order valence-corrected chi connectivity index (χ4v) is 1.61. The number of ether oxygens (including phenoxy) is 1.